The summed E-state index contributed by atoms with van der Waals surface area (Å²) in [7, 11) is 0. The van der Waals surface area contributed by atoms with Crippen LogP contribution in [0.1, 0.15) is 24.0 Å². The molecule has 0 radical (unpaired) electrons. The average molecular weight is 249 g/mol. The van der Waals surface area contributed by atoms with E-state index in [1.807, 2.05) is 24.7 Å². The van der Waals surface area contributed by atoms with Gasteiger partial charge in [0.15, 0.2) is 0 Å². The molecule has 0 spiro atoms. The predicted molar refractivity (Wildman–Crippen MR) is 70.0 cm³/mol. The van der Waals surface area contributed by atoms with Crippen molar-refractivity contribution in [1.29, 1.82) is 0 Å². The highest BCUT2D eigenvalue weighted by Gasteiger charge is 2.07. The lowest BCUT2D eigenvalue weighted by Gasteiger charge is -2.10. The van der Waals surface area contributed by atoms with E-state index < -0.39 is 0 Å². The fourth-order valence-corrected chi connectivity index (χ4v) is 1.97. The van der Waals surface area contributed by atoms with Gasteiger partial charge in [0, 0.05) is 17.4 Å². The number of nitrogens with one attached hydrogen (secondary N) is 1. The Hall–Kier alpha value is -1.69. The van der Waals surface area contributed by atoms with E-state index in [4.69, 9.17) is 5.73 Å². The third kappa shape index (κ3) is 2.71. The lowest BCUT2D eigenvalue weighted by atomic mass is 10.3. The highest BCUT2D eigenvalue weighted by molar-refractivity contribution is 7.07. The van der Waals surface area contributed by atoms with Crippen LogP contribution in [0.3, 0.4) is 0 Å². The van der Waals surface area contributed by atoms with Crippen LogP contribution in [0.5, 0.6) is 0 Å². The molecule has 0 saturated carbocycles. The first-order chi connectivity index (χ1) is 8.20. The van der Waals surface area contributed by atoms with Crippen molar-refractivity contribution in [1.82, 2.24) is 15.0 Å². The number of rotatable bonds is 4. The summed E-state index contributed by atoms with van der Waals surface area (Å²) in [4.78, 5) is 12.8. The van der Waals surface area contributed by atoms with Crippen molar-refractivity contribution in [2.24, 2.45) is 0 Å². The summed E-state index contributed by atoms with van der Waals surface area (Å²) in [5, 5.41) is 5.25. The number of hydrogen-bond acceptors (Lipinski definition) is 6. The molecule has 17 heavy (non-hydrogen) atoms. The molecule has 5 nitrogen and oxygen atoms in total. The fraction of sp³-hybridized carbons (Fsp3) is 0.364. The highest BCUT2D eigenvalue weighted by atomic mass is 32.1. The molecular weight excluding hydrogens is 234 g/mol. The number of nitrogens with two attached hydrogens (primary N) is 1. The fourth-order valence-electron chi connectivity index (χ4n) is 1.41. The van der Waals surface area contributed by atoms with Crippen LogP contribution in [0.4, 0.5) is 11.6 Å². The Morgan fingerprint density at radius 1 is 1.41 bits per heavy atom. The number of nitrogen functional groups attached to an aromatic ring is 1. The van der Waals surface area contributed by atoms with Crippen molar-refractivity contribution in [3.63, 3.8) is 0 Å². The third-order valence-electron chi connectivity index (χ3n) is 2.47. The van der Waals surface area contributed by atoms with Gasteiger partial charge in [0.2, 0.25) is 0 Å². The van der Waals surface area contributed by atoms with E-state index >= 15 is 0 Å². The zero-order valence-electron chi connectivity index (χ0n) is 9.90. The summed E-state index contributed by atoms with van der Waals surface area (Å²) in [6.07, 6.45) is 0.774. The second-order valence-electron chi connectivity index (χ2n) is 3.69. The summed E-state index contributed by atoms with van der Waals surface area (Å²) in [5.74, 6) is 2.09. The van der Waals surface area contributed by atoms with Crippen LogP contribution in [0.25, 0.3) is 0 Å². The molecule has 0 fully saturated rings. The van der Waals surface area contributed by atoms with Crippen LogP contribution in [-0.2, 0) is 13.0 Å². The Balaban J connectivity index is 2.17. The zero-order chi connectivity index (χ0) is 12.3. The van der Waals surface area contributed by atoms with Gasteiger partial charge in [-0.2, -0.15) is 0 Å². The Bertz CT molecular complexity index is 495. The van der Waals surface area contributed by atoms with Crippen LogP contribution in [0.2, 0.25) is 0 Å². The summed E-state index contributed by atoms with van der Waals surface area (Å²) < 4.78 is 0. The van der Waals surface area contributed by atoms with Gasteiger partial charge in [0.05, 0.1) is 17.7 Å². The molecule has 2 heterocycles. The van der Waals surface area contributed by atoms with Crippen LogP contribution in [0, 0.1) is 6.92 Å². The molecule has 3 N–H and O–H groups in total. The maximum atomic E-state index is 5.84. The molecule has 0 amide bonds. The standard InChI is InChI=1S/C11H15N5S/c1-3-9-15-10(12)7(2)11(16-9)13-4-8-5-17-6-14-8/h5-6H,3-4H2,1-2H3,(H3,12,13,15,16). The van der Waals surface area contributed by atoms with Crippen LogP contribution >= 0.6 is 11.3 Å². The smallest absolute Gasteiger partial charge is 0.135 e. The molecule has 90 valence electrons. The van der Waals surface area contributed by atoms with Gasteiger partial charge in [-0.3, -0.25) is 0 Å². The van der Waals surface area contributed by atoms with Gasteiger partial charge in [-0.1, -0.05) is 6.92 Å². The van der Waals surface area contributed by atoms with Gasteiger partial charge >= 0.3 is 0 Å². The Labute approximate surface area is 104 Å². The Morgan fingerprint density at radius 3 is 2.88 bits per heavy atom. The van der Waals surface area contributed by atoms with Crippen LogP contribution in [0.15, 0.2) is 10.9 Å². The van der Waals surface area contributed by atoms with E-state index in [0.717, 1.165) is 29.3 Å². The molecule has 0 aliphatic carbocycles. The normalized spacial score (nSPS) is 10.5. The van der Waals surface area contributed by atoms with Gasteiger partial charge in [-0.05, 0) is 6.92 Å². The minimum absolute atomic E-state index is 0.539. The molecule has 2 rings (SSSR count). The average Bonchev–Trinajstić information content (AvgIpc) is 2.84. The van der Waals surface area contributed by atoms with E-state index in [-0.39, 0.29) is 0 Å². The lowest BCUT2D eigenvalue weighted by Crippen LogP contribution is -2.09. The SMILES string of the molecule is CCc1nc(N)c(C)c(NCc2cscn2)n1. The van der Waals surface area contributed by atoms with Gasteiger partial charge in [-0.25, -0.2) is 15.0 Å². The van der Waals surface area contributed by atoms with Crippen LogP contribution < -0.4 is 11.1 Å². The summed E-state index contributed by atoms with van der Waals surface area (Å²) in [6.45, 7) is 4.58. The lowest BCUT2D eigenvalue weighted by molar-refractivity contribution is 0.925. The summed E-state index contributed by atoms with van der Waals surface area (Å²) >= 11 is 1.58. The van der Waals surface area contributed by atoms with Crippen molar-refractivity contribution in [2.45, 2.75) is 26.8 Å². The topological polar surface area (TPSA) is 76.7 Å². The number of anilines is 2. The van der Waals surface area contributed by atoms with E-state index in [1.54, 1.807) is 11.3 Å². The monoisotopic (exact) mass is 249 g/mol. The number of thiazole rings is 1. The number of aromatic nitrogens is 3. The van der Waals surface area contributed by atoms with E-state index in [2.05, 4.69) is 20.3 Å². The largest absolute Gasteiger partial charge is 0.383 e. The highest BCUT2D eigenvalue weighted by Crippen LogP contribution is 2.18. The molecule has 6 heteroatoms. The minimum atomic E-state index is 0.539. The van der Waals surface area contributed by atoms with Crippen molar-refractivity contribution in [2.75, 3.05) is 11.1 Å². The second-order valence-corrected chi connectivity index (χ2v) is 4.40. The summed E-state index contributed by atoms with van der Waals surface area (Å²) in [6, 6.07) is 0. The third-order valence-corrected chi connectivity index (χ3v) is 3.10. The number of hydrogen-bond donors (Lipinski definition) is 2. The molecule has 0 atom stereocenters. The van der Waals surface area contributed by atoms with Gasteiger partial charge < -0.3 is 11.1 Å². The zero-order valence-corrected chi connectivity index (χ0v) is 10.7. The van der Waals surface area contributed by atoms with E-state index in [0.29, 0.717) is 12.4 Å². The van der Waals surface area contributed by atoms with E-state index in [9.17, 15) is 0 Å². The Kier molecular flexibility index (Phi) is 3.53. The number of aryl methyl sites for hydroxylation is 1. The molecule has 0 aliphatic heterocycles. The van der Waals surface area contributed by atoms with Gasteiger partial charge in [0.1, 0.15) is 17.5 Å². The predicted octanol–water partition coefficient (Wildman–Crippen LogP) is 2.00. The molecule has 0 aliphatic rings. The van der Waals surface area contributed by atoms with E-state index in [1.165, 1.54) is 0 Å². The molecule has 2 aromatic rings. The Morgan fingerprint density at radius 2 is 2.24 bits per heavy atom. The molecule has 2 aromatic heterocycles. The first-order valence-electron chi connectivity index (χ1n) is 5.44. The molecule has 0 saturated heterocycles. The van der Waals surface area contributed by atoms with Crippen molar-refractivity contribution in [3.05, 3.63) is 28.0 Å². The maximum absolute atomic E-state index is 5.84. The summed E-state index contributed by atoms with van der Waals surface area (Å²) in [5.41, 5.74) is 9.55. The first kappa shape index (κ1) is 11.8. The van der Waals surface area contributed by atoms with Gasteiger partial charge in [-0.15, -0.1) is 11.3 Å². The molecular formula is C11H15N5S. The molecule has 0 aromatic carbocycles. The molecule has 0 bridgehead atoms. The minimum Gasteiger partial charge on any atom is -0.383 e. The number of nitrogens with zero attached hydrogens (tertiary/aromatic N) is 3. The maximum Gasteiger partial charge on any atom is 0.135 e. The quantitative estimate of drug-likeness (QED) is 0.866. The van der Waals surface area contributed by atoms with Crippen LogP contribution in [-0.4, -0.2) is 15.0 Å². The van der Waals surface area contributed by atoms with Crippen molar-refractivity contribution >= 4 is 23.0 Å². The molecule has 0 unspecified atom stereocenters. The second kappa shape index (κ2) is 5.09. The first-order valence-corrected chi connectivity index (χ1v) is 6.39. The van der Waals surface area contributed by atoms with Crippen molar-refractivity contribution < 1.29 is 0 Å². The van der Waals surface area contributed by atoms with Crippen molar-refractivity contribution in [3.8, 4) is 0 Å². The van der Waals surface area contributed by atoms with Gasteiger partial charge in [0.25, 0.3) is 0 Å².